The lowest BCUT2D eigenvalue weighted by Gasteiger charge is -2.29. The van der Waals surface area contributed by atoms with Crippen LogP contribution in [0.5, 0.6) is 28.7 Å². The maximum Gasteiger partial charge on any atom is 0.415 e. The highest BCUT2D eigenvalue weighted by Crippen LogP contribution is 2.48. The van der Waals surface area contributed by atoms with E-state index in [-0.39, 0.29) is 52.3 Å². The Morgan fingerprint density at radius 2 is 1.69 bits per heavy atom. The molecule has 3 rings (SSSR count). The number of aryl methyl sites for hydroxylation is 1. The van der Waals surface area contributed by atoms with Crippen LogP contribution in [0.3, 0.4) is 0 Å². The van der Waals surface area contributed by atoms with Crippen molar-refractivity contribution in [1.29, 1.82) is 0 Å². The minimum Gasteiger partial charge on any atom is -0.495 e. The van der Waals surface area contributed by atoms with Gasteiger partial charge in [0.15, 0.2) is 11.5 Å². The van der Waals surface area contributed by atoms with Crippen LogP contribution in [0, 0.1) is 12.8 Å². The van der Waals surface area contributed by atoms with Crippen molar-refractivity contribution in [1.82, 2.24) is 4.90 Å². The second-order valence-corrected chi connectivity index (χ2v) is 9.75. The van der Waals surface area contributed by atoms with E-state index in [9.17, 15) is 14.7 Å². The van der Waals surface area contributed by atoms with Crippen molar-refractivity contribution in [3.8, 4) is 28.7 Å². The first-order valence-electron chi connectivity index (χ1n) is 11.9. The van der Waals surface area contributed by atoms with Gasteiger partial charge in [-0.2, -0.15) is 0 Å². The number of aliphatic hydroxyl groups is 1. The molecule has 0 bridgehead atoms. The van der Waals surface area contributed by atoms with E-state index < -0.39 is 18.2 Å². The molecule has 0 fully saturated rings. The van der Waals surface area contributed by atoms with Gasteiger partial charge in [0, 0.05) is 17.6 Å². The normalized spacial score (nSPS) is 13.5. The van der Waals surface area contributed by atoms with Crippen LogP contribution < -0.4 is 18.9 Å². The zero-order chi connectivity index (χ0) is 26.0. The number of carbonyl (C=O) groups excluding carboxylic acids is 2. The molecule has 0 spiro atoms. The number of ether oxygens (including phenoxy) is 4. The molecule has 2 aromatic carbocycles. The topological polar surface area (TPSA) is 94.5 Å². The minimum absolute atomic E-state index is 0.0601. The maximum atomic E-state index is 13.2. The first-order valence-corrected chi connectivity index (χ1v) is 11.9. The smallest absolute Gasteiger partial charge is 0.415 e. The fraction of sp³-hybridized carbons (Fsp3) is 0.481. The Bertz CT molecular complexity index is 1100. The van der Waals surface area contributed by atoms with Gasteiger partial charge in [0.05, 0.1) is 13.2 Å². The van der Waals surface area contributed by atoms with E-state index in [1.807, 2.05) is 41.5 Å². The average molecular weight is 486 g/mol. The second-order valence-electron chi connectivity index (χ2n) is 9.75. The van der Waals surface area contributed by atoms with Crippen LogP contribution >= 0.6 is 0 Å². The zero-order valence-electron chi connectivity index (χ0n) is 21.7. The van der Waals surface area contributed by atoms with Crippen LogP contribution in [0.15, 0.2) is 24.3 Å². The summed E-state index contributed by atoms with van der Waals surface area (Å²) in [7, 11) is 1.43. The summed E-state index contributed by atoms with van der Waals surface area (Å²) in [4.78, 5) is 27.8. The molecular weight excluding hydrogens is 450 g/mol. The molecule has 1 heterocycles. The summed E-state index contributed by atoms with van der Waals surface area (Å²) in [6.07, 6.45) is -0.871. The molecular formula is C27H35NO7. The summed E-state index contributed by atoms with van der Waals surface area (Å²) in [5.74, 6) is 0.286. The Hall–Kier alpha value is -3.26. The number of hydrogen-bond acceptors (Lipinski definition) is 7. The molecule has 8 heteroatoms. The minimum atomic E-state index is -0.828. The Labute approximate surface area is 206 Å². The Balaban J connectivity index is 2.08. The van der Waals surface area contributed by atoms with Crippen molar-refractivity contribution in [2.45, 2.75) is 73.1 Å². The van der Waals surface area contributed by atoms with Gasteiger partial charge < -0.3 is 29.0 Å². The molecule has 0 saturated heterocycles. The summed E-state index contributed by atoms with van der Waals surface area (Å²) in [6.45, 7) is 13.4. The lowest BCUT2D eigenvalue weighted by atomic mass is 9.96. The largest absolute Gasteiger partial charge is 0.495 e. The number of nitrogens with zero attached hydrogens (tertiary/aromatic N) is 1. The van der Waals surface area contributed by atoms with Crippen LogP contribution in [0.4, 0.5) is 4.79 Å². The van der Waals surface area contributed by atoms with Crippen LogP contribution in [0.2, 0.25) is 0 Å². The van der Waals surface area contributed by atoms with Crippen LogP contribution in [-0.4, -0.2) is 41.3 Å². The molecule has 1 aliphatic heterocycles. The molecule has 8 nitrogen and oxygen atoms in total. The van der Waals surface area contributed by atoms with Gasteiger partial charge in [0.1, 0.15) is 17.1 Å². The van der Waals surface area contributed by atoms with E-state index in [4.69, 9.17) is 18.9 Å². The van der Waals surface area contributed by atoms with Gasteiger partial charge in [0.25, 0.3) is 0 Å². The lowest BCUT2D eigenvalue weighted by molar-refractivity contribution is 0.0733. The van der Waals surface area contributed by atoms with Crippen LogP contribution in [0.25, 0.3) is 0 Å². The molecule has 0 aliphatic carbocycles. The van der Waals surface area contributed by atoms with E-state index >= 15 is 0 Å². The molecule has 1 N–H and O–H groups in total. The summed E-state index contributed by atoms with van der Waals surface area (Å²) >= 11 is 0. The van der Waals surface area contributed by atoms with Gasteiger partial charge in [-0.25, -0.2) is 9.59 Å². The SMILES string of the molecule is COc1c([C@@H](O)CC(C)C)ccc2c1C(=O)Oc1cc(C)cc(OC(=O)N(C(C)C)C(C)C)c1O2. The predicted molar refractivity (Wildman–Crippen MR) is 132 cm³/mol. The maximum absolute atomic E-state index is 13.2. The quantitative estimate of drug-likeness (QED) is 0.378. The molecule has 0 radical (unpaired) electrons. The highest BCUT2D eigenvalue weighted by Gasteiger charge is 2.33. The molecule has 1 amide bonds. The Morgan fingerprint density at radius 1 is 1.03 bits per heavy atom. The summed E-state index contributed by atoms with van der Waals surface area (Å²) in [5, 5.41) is 10.7. The van der Waals surface area contributed by atoms with Crippen molar-refractivity contribution >= 4 is 12.1 Å². The summed E-state index contributed by atoms with van der Waals surface area (Å²) in [5.41, 5.74) is 1.25. The number of benzene rings is 2. The van der Waals surface area contributed by atoms with Gasteiger partial charge in [0.2, 0.25) is 5.75 Å². The van der Waals surface area contributed by atoms with Crippen LogP contribution in [-0.2, 0) is 0 Å². The number of rotatable bonds is 7. The highest BCUT2D eigenvalue weighted by atomic mass is 16.6. The van der Waals surface area contributed by atoms with Crippen molar-refractivity contribution in [2.75, 3.05) is 7.11 Å². The van der Waals surface area contributed by atoms with E-state index in [2.05, 4.69) is 0 Å². The van der Waals surface area contributed by atoms with Gasteiger partial charge >= 0.3 is 12.1 Å². The van der Waals surface area contributed by atoms with Crippen molar-refractivity contribution in [3.05, 3.63) is 41.0 Å². The van der Waals surface area contributed by atoms with E-state index in [1.165, 1.54) is 7.11 Å². The molecule has 1 aliphatic rings. The Morgan fingerprint density at radius 3 is 2.26 bits per heavy atom. The Kier molecular flexibility index (Phi) is 7.95. The number of methoxy groups -OCH3 is 1. The molecule has 35 heavy (non-hydrogen) atoms. The van der Waals surface area contributed by atoms with Crippen LogP contribution in [0.1, 0.15) is 75.6 Å². The van der Waals surface area contributed by atoms with Gasteiger partial charge in [-0.1, -0.05) is 13.8 Å². The average Bonchev–Trinajstić information content (AvgIpc) is 2.87. The van der Waals surface area contributed by atoms with E-state index in [0.29, 0.717) is 12.0 Å². The summed E-state index contributed by atoms with van der Waals surface area (Å²) in [6, 6.07) is 6.40. The first-order chi connectivity index (χ1) is 16.4. The van der Waals surface area contributed by atoms with Gasteiger partial charge in [-0.3, -0.25) is 0 Å². The number of amides is 1. The first kappa shape index (κ1) is 26.3. The second kappa shape index (κ2) is 10.6. The monoisotopic (exact) mass is 485 g/mol. The third-order valence-electron chi connectivity index (χ3n) is 5.71. The third kappa shape index (κ3) is 5.53. The van der Waals surface area contributed by atoms with Crippen molar-refractivity contribution in [3.63, 3.8) is 0 Å². The predicted octanol–water partition coefficient (Wildman–Crippen LogP) is 6.03. The number of aliphatic hydroxyl groups excluding tert-OH is 1. The molecule has 1 atom stereocenters. The number of esters is 1. The van der Waals surface area contributed by atoms with Crippen molar-refractivity contribution in [2.24, 2.45) is 5.92 Å². The number of carbonyl (C=O) groups is 2. The number of hydrogen-bond donors (Lipinski definition) is 1. The third-order valence-corrected chi connectivity index (χ3v) is 5.71. The number of fused-ring (bicyclic) bond motifs is 2. The molecule has 190 valence electrons. The molecule has 0 saturated carbocycles. The standard InChI is InChI=1S/C27H35NO7/c1-14(2)11-19(29)18-9-10-20-23(24(18)32-8)26(30)34-21-12-17(7)13-22(25(21)33-20)35-27(31)28(15(3)4)16(5)6/h9-10,12-16,19,29H,11H2,1-8H3/t19-/m0/s1. The molecule has 2 aromatic rings. The van der Waals surface area contributed by atoms with Gasteiger partial charge in [-0.15, -0.1) is 0 Å². The van der Waals surface area contributed by atoms with E-state index in [1.54, 1.807) is 36.1 Å². The fourth-order valence-electron chi connectivity index (χ4n) is 4.30. The zero-order valence-corrected chi connectivity index (χ0v) is 21.7. The van der Waals surface area contributed by atoms with Crippen molar-refractivity contribution < 1.29 is 33.6 Å². The highest BCUT2D eigenvalue weighted by molar-refractivity contribution is 5.99. The molecule has 0 unspecified atom stereocenters. The molecule has 0 aromatic heterocycles. The lowest BCUT2D eigenvalue weighted by Crippen LogP contribution is -2.43. The van der Waals surface area contributed by atoms with E-state index in [0.717, 1.165) is 5.56 Å². The summed E-state index contributed by atoms with van der Waals surface area (Å²) < 4.78 is 23.1. The fourth-order valence-corrected chi connectivity index (χ4v) is 4.30. The van der Waals surface area contributed by atoms with Gasteiger partial charge in [-0.05, 0) is 76.8 Å².